The lowest BCUT2D eigenvalue weighted by atomic mass is 9.88. The molecule has 1 atom stereocenters. The van der Waals surface area contributed by atoms with Gasteiger partial charge in [-0.15, -0.1) is 0 Å². The van der Waals surface area contributed by atoms with E-state index in [4.69, 9.17) is 42.1 Å². The van der Waals surface area contributed by atoms with E-state index in [1.54, 1.807) is 13.2 Å². The lowest BCUT2D eigenvalue weighted by Gasteiger charge is -2.33. The minimum atomic E-state index is -0.282. The number of benzene rings is 3. The molecular weight excluding hydrogens is 599 g/mol. The van der Waals surface area contributed by atoms with Crippen molar-refractivity contribution in [3.63, 3.8) is 0 Å². The zero-order valence-corrected chi connectivity index (χ0v) is 27.0. The minimum absolute atomic E-state index is 0.0132. The van der Waals surface area contributed by atoms with Gasteiger partial charge in [0.15, 0.2) is 0 Å². The van der Waals surface area contributed by atoms with E-state index in [0.717, 1.165) is 58.7 Å². The van der Waals surface area contributed by atoms with Gasteiger partial charge in [0.1, 0.15) is 31.5 Å². The number of nitrogens with zero attached hydrogens (tertiary/aromatic N) is 1. The van der Waals surface area contributed by atoms with E-state index in [9.17, 15) is 4.79 Å². The number of hydrogen-bond acceptors (Lipinski definition) is 6. The number of para-hydroxylation sites is 1. The predicted molar refractivity (Wildman–Crippen MR) is 175 cm³/mol. The zero-order valence-electron chi connectivity index (χ0n) is 25.5. The summed E-state index contributed by atoms with van der Waals surface area (Å²) in [6.07, 6.45) is 2.63. The summed E-state index contributed by atoms with van der Waals surface area (Å²) in [5.74, 6) is 1.64. The number of methoxy groups -OCH3 is 1. The number of carbonyl (C=O) groups excluding carboxylic acids is 1. The molecule has 44 heavy (non-hydrogen) atoms. The highest BCUT2D eigenvalue weighted by Gasteiger charge is 2.38. The Morgan fingerprint density at radius 3 is 2.36 bits per heavy atom. The summed E-state index contributed by atoms with van der Waals surface area (Å²) in [5.41, 5.74) is 5.76. The van der Waals surface area contributed by atoms with E-state index in [0.29, 0.717) is 48.4 Å². The first-order valence-electron chi connectivity index (χ1n) is 15.1. The molecule has 5 rings (SSSR count). The van der Waals surface area contributed by atoms with Gasteiger partial charge in [0.25, 0.3) is 5.91 Å². The second kappa shape index (κ2) is 15.3. The van der Waals surface area contributed by atoms with Crippen LogP contribution < -0.4 is 14.8 Å². The van der Waals surface area contributed by atoms with E-state index in [1.807, 2.05) is 73.3 Å². The standard InChI is InChI=1S/C35H40Cl2N2O5/c1-23-6-4-7-24(2)34(23)44-19-18-43-28-14-10-25(11-15-28)29-16-17-38-31(21-42-22-41-3)32(29)35(40)39(27-12-13-27)20-26-8-5-9-30(36)33(26)37/h4-11,14-15,27,31,38H,12-13,16-22H2,1-3H3/t31-/m1/s1. The van der Waals surface area contributed by atoms with Crippen molar-refractivity contribution in [2.45, 2.75) is 51.7 Å². The molecule has 1 heterocycles. The molecule has 1 amide bonds. The molecule has 0 spiro atoms. The lowest BCUT2D eigenvalue weighted by molar-refractivity contribution is -0.129. The average Bonchev–Trinajstić information content (AvgIpc) is 3.87. The molecule has 0 aromatic heterocycles. The number of aryl methyl sites for hydroxylation is 2. The van der Waals surface area contributed by atoms with Crippen molar-refractivity contribution in [2.75, 3.05) is 40.3 Å². The van der Waals surface area contributed by atoms with Gasteiger partial charge in [-0.3, -0.25) is 4.79 Å². The van der Waals surface area contributed by atoms with Crippen molar-refractivity contribution >= 4 is 34.7 Å². The zero-order chi connectivity index (χ0) is 31.1. The summed E-state index contributed by atoms with van der Waals surface area (Å²) < 4.78 is 22.9. The SMILES string of the molecule is COCOC[C@H]1NCCC(c2ccc(OCCOc3c(C)cccc3C)cc2)=C1C(=O)N(Cc1cccc(Cl)c1Cl)C1CC1. The molecule has 3 aromatic rings. The highest BCUT2D eigenvalue weighted by Crippen LogP contribution is 2.36. The Hall–Kier alpha value is -3.07. The second-order valence-electron chi connectivity index (χ2n) is 11.2. The average molecular weight is 640 g/mol. The van der Waals surface area contributed by atoms with E-state index in [-0.39, 0.29) is 24.8 Å². The molecule has 1 aliphatic carbocycles. The minimum Gasteiger partial charge on any atom is -0.490 e. The van der Waals surface area contributed by atoms with Crippen LogP contribution in [0.1, 0.15) is 41.5 Å². The molecule has 2 aliphatic rings. The number of halogens is 2. The molecule has 1 N–H and O–H groups in total. The van der Waals surface area contributed by atoms with Gasteiger partial charge in [0, 0.05) is 25.3 Å². The maximum absolute atomic E-state index is 14.4. The van der Waals surface area contributed by atoms with Gasteiger partial charge >= 0.3 is 0 Å². The third-order valence-electron chi connectivity index (χ3n) is 7.99. The van der Waals surface area contributed by atoms with Crippen LogP contribution in [0.15, 0.2) is 66.2 Å². The fourth-order valence-corrected chi connectivity index (χ4v) is 6.01. The Balaban J connectivity index is 1.35. The van der Waals surface area contributed by atoms with Crippen LogP contribution in [0.2, 0.25) is 10.0 Å². The summed E-state index contributed by atoms with van der Waals surface area (Å²) in [7, 11) is 1.59. The Morgan fingerprint density at radius 1 is 0.955 bits per heavy atom. The Bertz CT molecular complexity index is 1450. The Morgan fingerprint density at radius 2 is 1.66 bits per heavy atom. The number of carbonyl (C=O) groups is 1. The van der Waals surface area contributed by atoms with Crippen molar-refractivity contribution in [3.05, 3.63) is 98.5 Å². The van der Waals surface area contributed by atoms with Crippen LogP contribution in [0.3, 0.4) is 0 Å². The number of amides is 1. The number of nitrogens with one attached hydrogen (secondary N) is 1. The highest BCUT2D eigenvalue weighted by atomic mass is 35.5. The first-order valence-corrected chi connectivity index (χ1v) is 15.8. The van der Waals surface area contributed by atoms with Gasteiger partial charge in [-0.2, -0.15) is 0 Å². The number of ether oxygens (including phenoxy) is 4. The molecule has 7 nitrogen and oxygen atoms in total. The molecule has 0 bridgehead atoms. The maximum atomic E-state index is 14.4. The van der Waals surface area contributed by atoms with Crippen molar-refractivity contribution in [3.8, 4) is 11.5 Å². The van der Waals surface area contributed by atoms with Gasteiger partial charge in [-0.05, 0) is 85.7 Å². The monoisotopic (exact) mass is 638 g/mol. The van der Waals surface area contributed by atoms with E-state index in [1.165, 1.54) is 0 Å². The van der Waals surface area contributed by atoms with Crippen LogP contribution in [0.25, 0.3) is 5.57 Å². The van der Waals surface area contributed by atoms with Crippen LogP contribution in [0.4, 0.5) is 0 Å². The molecular formula is C35H40Cl2N2O5. The smallest absolute Gasteiger partial charge is 0.252 e. The fraction of sp³-hybridized carbons (Fsp3) is 0.400. The van der Waals surface area contributed by atoms with Crippen molar-refractivity contribution < 1.29 is 23.7 Å². The summed E-state index contributed by atoms with van der Waals surface area (Å²) in [5, 5.41) is 4.47. The largest absolute Gasteiger partial charge is 0.490 e. The third kappa shape index (κ3) is 7.95. The van der Waals surface area contributed by atoms with Crippen LogP contribution in [-0.4, -0.2) is 63.2 Å². The van der Waals surface area contributed by atoms with Gasteiger partial charge in [-0.25, -0.2) is 0 Å². The predicted octanol–water partition coefficient (Wildman–Crippen LogP) is 7.00. The van der Waals surface area contributed by atoms with Crippen LogP contribution in [0.5, 0.6) is 11.5 Å². The Labute approximate surface area is 270 Å². The first-order chi connectivity index (χ1) is 21.4. The van der Waals surface area contributed by atoms with Gasteiger partial charge < -0.3 is 29.2 Å². The van der Waals surface area contributed by atoms with Gasteiger partial charge in [-0.1, -0.05) is 65.7 Å². The topological polar surface area (TPSA) is 69.3 Å². The van der Waals surface area contributed by atoms with E-state index < -0.39 is 0 Å². The normalized spacial score (nSPS) is 16.6. The molecule has 1 aliphatic heterocycles. The maximum Gasteiger partial charge on any atom is 0.252 e. The molecule has 0 saturated heterocycles. The molecule has 0 unspecified atom stereocenters. The Kier molecular flexibility index (Phi) is 11.2. The van der Waals surface area contributed by atoms with Gasteiger partial charge in [0.05, 0.1) is 22.7 Å². The summed E-state index contributed by atoms with van der Waals surface area (Å²) in [6.45, 7) is 6.54. The molecule has 3 aromatic carbocycles. The molecule has 1 saturated carbocycles. The summed E-state index contributed by atoms with van der Waals surface area (Å²) in [4.78, 5) is 16.4. The van der Waals surface area contributed by atoms with E-state index in [2.05, 4.69) is 5.32 Å². The van der Waals surface area contributed by atoms with E-state index >= 15 is 0 Å². The van der Waals surface area contributed by atoms with Crippen molar-refractivity contribution in [1.82, 2.24) is 10.2 Å². The molecule has 1 fully saturated rings. The second-order valence-corrected chi connectivity index (χ2v) is 12.0. The van der Waals surface area contributed by atoms with Crippen molar-refractivity contribution in [1.29, 1.82) is 0 Å². The van der Waals surface area contributed by atoms with Crippen LogP contribution in [-0.2, 0) is 20.8 Å². The highest BCUT2D eigenvalue weighted by molar-refractivity contribution is 6.42. The molecule has 0 radical (unpaired) electrons. The van der Waals surface area contributed by atoms with Crippen LogP contribution >= 0.6 is 23.2 Å². The van der Waals surface area contributed by atoms with Gasteiger partial charge in [0.2, 0.25) is 0 Å². The summed E-state index contributed by atoms with van der Waals surface area (Å²) >= 11 is 12.9. The molecule has 9 heteroatoms. The first kappa shape index (κ1) is 32.3. The lowest BCUT2D eigenvalue weighted by Crippen LogP contribution is -2.47. The number of hydrogen-bond donors (Lipinski definition) is 1. The fourth-order valence-electron chi connectivity index (χ4n) is 5.63. The van der Waals surface area contributed by atoms with Crippen LogP contribution in [0, 0.1) is 13.8 Å². The quantitative estimate of drug-likeness (QED) is 0.152. The summed E-state index contributed by atoms with van der Waals surface area (Å²) in [6, 6.07) is 19.5. The number of rotatable bonds is 14. The third-order valence-corrected chi connectivity index (χ3v) is 8.84. The molecule has 234 valence electrons. The van der Waals surface area contributed by atoms with Crippen molar-refractivity contribution in [2.24, 2.45) is 0 Å².